The zero-order valence-corrected chi connectivity index (χ0v) is 12.1. The number of nitrogens with zero attached hydrogens (tertiary/aromatic N) is 1. The Kier molecular flexibility index (Phi) is 2.33. The lowest BCUT2D eigenvalue weighted by molar-refractivity contribution is 0.281. The van der Waals surface area contributed by atoms with E-state index in [-0.39, 0.29) is 0 Å². The standard InChI is InChI=1S/C17H14BNO3/c1-21-12-2-3-16-10(6-12)4-5-19(16)11-7-13-14-9-22-18(20)15(8-11)17(13)14/h2-8,17,20H,9H2,1H3. The maximum absolute atomic E-state index is 10.0. The molecule has 1 unspecified atom stereocenters. The van der Waals surface area contributed by atoms with Crippen molar-refractivity contribution in [2.45, 2.75) is 0 Å². The van der Waals surface area contributed by atoms with Crippen LogP contribution < -0.4 is 4.74 Å². The van der Waals surface area contributed by atoms with Gasteiger partial charge in [-0.15, -0.1) is 0 Å². The third-order valence-electron chi connectivity index (χ3n) is 4.76. The Morgan fingerprint density at radius 2 is 2.23 bits per heavy atom. The van der Waals surface area contributed by atoms with Crippen molar-refractivity contribution in [2.24, 2.45) is 5.92 Å². The van der Waals surface area contributed by atoms with Gasteiger partial charge in [0.25, 0.3) is 0 Å². The summed E-state index contributed by atoms with van der Waals surface area (Å²) in [5.41, 5.74) is 5.77. The average molecular weight is 291 g/mol. The first kappa shape index (κ1) is 12.3. The number of ether oxygens (including phenoxy) is 1. The highest BCUT2D eigenvalue weighted by molar-refractivity contribution is 6.54. The van der Waals surface area contributed by atoms with Crippen molar-refractivity contribution in [2.75, 3.05) is 13.7 Å². The number of hydrogen-bond donors (Lipinski definition) is 1. The molecule has 1 atom stereocenters. The molecule has 2 aliphatic carbocycles. The molecule has 1 N–H and O–H groups in total. The molecule has 22 heavy (non-hydrogen) atoms. The van der Waals surface area contributed by atoms with E-state index in [9.17, 15) is 5.02 Å². The summed E-state index contributed by atoms with van der Waals surface area (Å²) >= 11 is 0. The Morgan fingerprint density at radius 3 is 3.09 bits per heavy atom. The summed E-state index contributed by atoms with van der Waals surface area (Å²) in [4.78, 5) is 0. The number of hydrogen-bond acceptors (Lipinski definition) is 3. The molecule has 0 spiro atoms. The van der Waals surface area contributed by atoms with Gasteiger partial charge in [-0.1, -0.05) is 0 Å². The molecule has 1 saturated heterocycles. The molecular formula is C17H14BNO3. The van der Waals surface area contributed by atoms with Crippen LogP contribution in [-0.4, -0.2) is 30.4 Å². The van der Waals surface area contributed by atoms with Crippen LogP contribution in [0.3, 0.4) is 0 Å². The van der Waals surface area contributed by atoms with Crippen LogP contribution in [0, 0.1) is 5.92 Å². The van der Waals surface area contributed by atoms with Gasteiger partial charge in [-0.05, 0) is 53.0 Å². The Morgan fingerprint density at radius 1 is 1.32 bits per heavy atom. The van der Waals surface area contributed by atoms with Gasteiger partial charge in [-0.2, -0.15) is 0 Å². The first-order chi connectivity index (χ1) is 10.8. The van der Waals surface area contributed by atoms with Crippen molar-refractivity contribution < 1.29 is 14.4 Å². The van der Waals surface area contributed by atoms with Gasteiger partial charge in [0, 0.05) is 23.2 Å². The number of benzene rings is 1. The fourth-order valence-corrected chi connectivity index (χ4v) is 3.56. The second-order valence-electron chi connectivity index (χ2n) is 5.90. The number of rotatable bonds is 2. The lowest BCUT2D eigenvalue weighted by Gasteiger charge is -2.20. The molecule has 2 heterocycles. The topological polar surface area (TPSA) is 43.6 Å². The van der Waals surface area contributed by atoms with E-state index in [1.165, 1.54) is 11.1 Å². The van der Waals surface area contributed by atoms with Crippen molar-refractivity contribution in [3.8, 4) is 5.75 Å². The lowest BCUT2D eigenvalue weighted by atomic mass is 9.70. The minimum absolute atomic E-state index is 0.328. The van der Waals surface area contributed by atoms with Gasteiger partial charge < -0.3 is 19.0 Å². The van der Waals surface area contributed by atoms with Gasteiger partial charge in [0.05, 0.1) is 19.2 Å². The summed E-state index contributed by atoms with van der Waals surface area (Å²) in [6.07, 6.45) is 6.31. The summed E-state index contributed by atoms with van der Waals surface area (Å²) < 4.78 is 12.8. The van der Waals surface area contributed by atoms with Crippen LogP contribution in [0.2, 0.25) is 0 Å². The first-order valence-electron chi connectivity index (χ1n) is 7.37. The van der Waals surface area contributed by atoms with Gasteiger partial charge in [-0.3, -0.25) is 0 Å². The molecule has 0 bridgehead atoms. The summed E-state index contributed by atoms with van der Waals surface area (Å²) in [7, 11) is 0.895. The van der Waals surface area contributed by atoms with Crippen molar-refractivity contribution in [3.63, 3.8) is 0 Å². The molecule has 2 aromatic rings. The molecule has 3 aliphatic rings. The fourth-order valence-electron chi connectivity index (χ4n) is 3.56. The highest BCUT2D eigenvalue weighted by Gasteiger charge is 2.48. The van der Waals surface area contributed by atoms with Crippen molar-refractivity contribution in [1.29, 1.82) is 0 Å². The molecule has 0 amide bonds. The third-order valence-corrected chi connectivity index (χ3v) is 4.76. The van der Waals surface area contributed by atoms with E-state index in [1.54, 1.807) is 7.11 Å². The molecule has 1 aromatic heterocycles. The molecule has 1 aromatic carbocycles. The van der Waals surface area contributed by atoms with Crippen LogP contribution in [0.25, 0.3) is 16.6 Å². The molecule has 5 heteroatoms. The largest absolute Gasteiger partial charge is 0.497 e. The van der Waals surface area contributed by atoms with Crippen LogP contribution in [0.4, 0.5) is 0 Å². The van der Waals surface area contributed by atoms with Gasteiger partial charge in [0.15, 0.2) is 0 Å². The van der Waals surface area contributed by atoms with Crippen molar-refractivity contribution in [3.05, 3.63) is 59.2 Å². The molecule has 108 valence electrons. The van der Waals surface area contributed by atoms with Crippen LogP contribution in [0.1, 0.15) is 0 Å². The molecule has 5 rings (SSSR count). The van der Waals surface area contributed by atoms with E-state index in [0.29, 0.717) is 12.5 Å². The monoisotopic (exact) mass is 291 g/mol. The molecule has 1 fully saturated rings. The van der Waals surface area contributed by atoms with E-state index in [2.05, 4.69) is 35.0 Å². The molecule has 1 aliphatic heterocycles. The molecule has 0 radical (unpaired) electrons. The Balaban J connectivity index is 1.65. The predicted molar refractivity (Wildman–Crippen MR) is 85.3 cm³/mol. The first-order valence-corrected chi connectivity index (χ1v) is 7.37. The van der Waals surface area contributed by atoms with E-state index in [1.807, 2.05) is 12.1 Å². The van der Waals surface area contributed by atoms with E-state index < -0.39 is 7.12 Å². The van der Waals surface area contributed by atoms with E-state index in [0.717, 1.165) is 27.8 Å². The predicted octanol–water partition coefficient (Wildman–Crippen LogP) is 2.41. The van der Waals surface area contributed by atoms with Crippen LogP contribution >= 0.6 is 0 Å². The number of fused-ring (bicyclic) bond motifs is 1. The van der Waals surface area contributed by atoms with Gasteiger partial charge in [-0.25, -0.2) is 0 Å². The molecule has 0 saturated carbocycles. The summed E-state index contributed by atoms with van der Waals surface area (Å²) in [5, 5.41) is 11.2. The summed E-state index contributed by atoms with van der Waals surface area (Å²) in [6, 6.07) is 8.13. The van der Waals surface area contributed by atoms with E-state index in [4.69, 9.17) is 9.39 Å². The molecule has 4 nitrogen and oxygen atoms in total. The van der Waals surface area contributed by atoms with Crippen LogP contribution in [0.15, 0.2) is 59.2 Å². The maximum atomic E-state index is 10.0. The van der Waals surface area contributed by atoms with E-state index >= 15 is 0 Å². The minimum Gasteiger partial charge on any atom is -0.497 e. The third kappa shape index (κ3) is 1.55. The van der Waals surface area contributed by atoms with Crippen LogP contribution in [-0.2, 0) is 4.65 Å². The zero-order chi connectivity index (χ0) is 14.8. The summed E-state index contributed by atoms with van der Waals surface area (Å²) in [5.74, 6) is 1.18. The highest BCUT2D eigenvalue weighted by atomic mass is 16.5. The van der Waals surface area contributed by atoms with Gasteiger partial charge in [0.1, 0.15) is 5.75 Å². The zero-order valence-electron chi connectivity index (χ0n) is 12.1. The fraction of sp³-hybridized carbons (Fsp3) is 0.176. The number of allylic oxidation sites excluding steroid dienone is 5. The SMILES string of the molecule is COc1ccc2c(ccn2C2=CC3=C4COB(O)C(=C2)C34)c1. The Hall–Kier alpha value is -2.24. The number of aromatic nitrogens is 1. The average Bonchev–Trinajstić information content (AvgIpc) is 3.09. The maximum Gasteiger partial charge on any atom is 0.488 e. The van der Waals surface area contributed by atoms with Gasteiger partial charge >= 0.3 is 7.12 Å². The number of methoxy groups -OCH3 is 1. The smallest absolute Gasteiger partial charge is 0.488 e. The summed E-state index contributed by atoms with van der Waals surface area (Å²) in [6.45, 7) is 0.548. The second kappa shape index (κ2) is 4.15. The highest BCUT2D eigenvalue weighted by Crippen LogP contribution is 2.52. The normalized spacial score (nSPS) is 22.5. The van der Waals surface area contributed by atoms with Gasteiger partial charge in [0.2, 0.25) is 0 Å². The lowest BCUT2D eigenvalue weighted by Crippen LogP contribution is -2.29. The minimum atomic E-state index is -0.781. The quantitative estimate of drug-likeness (QED) is 0.864. The van der Waals surface area contributed by atoms with Crippen molar-refractivity contribution in [1.82, 2.24) is 4.57 Å². The molecular weight excluding hydrogens is 277 g/mol. The second-order valence-corrected chi connectivity index (χ2v) is 5.90. The van der Waals surface area contributed by atoms with Crippen molar-refractivity contribution >= 4 is 23.7 Å². The Labute approximate surface area is 128 Å². The van der Waals surface area contributed by atoms with Crippen LogP contribution in [0.5, 0.6) is 5.75 Å². The Bertz CT molecular complexity index is 906.